The van der Waals surface area contributed by atoms with Gasteiger partial charge >= 0.3 is 0 Å². The zero-order valence-corrected chi connectivity index (χ0v) is 15.2. The first-order valence-corrected chi connectivity index (χ1v) is 8.69. The van der Waals surface area contributed by atoms with Crippen LogP contribution in [0.2, 0.25) is 0 Å². The van der Waals surface area contributed by atoms with Gasteiger partial charge in [-0.3, -0.25) is 0 Å². The highest BCUT2D eigenvalue weighted by molar-refractivity contribution is 7.71. The summed E-state index contributed by atoms with van der Waals surface area (Å²) in [4.78, 5) is 4.61. The molecule has 1 aromatic carbocycles. The highest BCUT2D eigenvalue weighted by Gasteiger charge is 2.14. The van der Waals surface area contributed by atoms with Crippen molar-refractivity contribution in [3.63, 3.8) is 0 Å². The Labute approximate surface area is 148 Å². The minimum atomic E-state index is 0.369. The van der Waals surface area contributed by atoms with Crippen molar-refractivity contribution >= 4 is 29.8 Å². The Morgan fingerprint density at radius 2 is 2.08 bits per heavy atom. The first-order valence-electron chi connectivity index (χ1n) is 7.40. The Morgan fingerprint density at radius 1 is 1.33 bits per heavy atom. The average molecular weight is 359 g/mol. The van der Waals surface area contributed by atoms with Crippen LogP contribution in [0.1, 0.15) is 31.0 Å². The molecule has 2 aromatic heterocycles. The van der Waals surface area contributed by atoms with Crippen LogP contribution in [0, 0.1) is 4.77 Å². The second kappa shape index (κ2) is 7.06. The second-order valence-electron chi connectivity index (χ2n) is 5.41. The van der Waals surface area contributed by atoms with E-state index < -0.39 is 0 Å². The number of nitrogens with zero attached hydrogens (tertiary/aromatic N) is 4. The molecule has 24 heavy (non-hydrogen) atoms. The lowest BCUT2D eigenvalue weighted by Crippen LogP contribution is -1.95. The molecule has 3 rings (SSSR count). The van der Waals surface area contributed by atoms with Crippen LogP contribution in [-0.2, 0) is 0 Å². The lowest BCUT2D eigenvalue weighted by atomic mass is 10.2. The SMILES string of the molecule is COc1ccc(/C=N/n2c(-c3nc(C(C)C)cs3)n[nH]c2=S)cc1. The number of hydrogen-bond donors (Lipinski definition) is 1. The third-order valence-corrected chi connectivity index (χ3v) is 4.51. The van der Waals surface area contributed by atoms with Crippen LogP contribution in [0.25, 0.3) is 10.8 Å². The number of H-pyrrole nitrogens is 1. The number of methoxy groups -OCH3 is 1. The van der Waals surface area contributed by atoms with Gasteiger partial charge in [0.05, 0.1) is 19.0 Å². The fraction of sp³-hybridized carbons (Fsp3) is 0.250. The summed E-state index contributed by atoms with van der Waals surface area (Å²) in [5.74, 6) is 1.78. The largest absolute Gasteiger partial charge is 0.497 e. The molecule has 8 heteroatoms. The topological polar surface area (TPSA) is 68.1 Å². The van der Waals surface area contributed by atoms with E-state index in [1.165, 1.54) is 11.3 Å². The van der Waals surface area contributed by atoms with Crippen LogP contribution < -0.4 is 4.74 Å². The molecule has 0 atom stereocenters. The molecule has 0 saturated carbocycles. The van der Waals surface area contributed by atoms with E-state index in [0.717, 1.165) is 22.0 Å². The third kappa shape index (κ3) is 3.44. The van der Waals surface area contributed by atoms with Gasteiger partial charge in [0.25, 0.3) is 0 Å². The lowest BCUT2D eigenvalue weighted by molar-refractivity contribution is 0.415. The number of nitrogens with one attached hydrogen (secondary N) is 1. The van der Waals surface area contributed by atoms with Gasteiger partial charge < -0.3 is 4.74 Å². The molecule has 0 aliphatic carbocycles. The van der Waals surface area contributed by atoms with Crippen LogP contribution in [0.4, 0.5) is 0 Å². The Balaban J connectivity index is 1.91. The molecule has 0 amide bonds. The van der Waals surface area contributed by atoms with Crippen LogP contribution >= 0.6 is 23.6 Å². The predicted octanol–water partition coefficient (Wildman–Crippen LogP) is 4.08. The van der Waals surface area contributed by atoms with Gasteiger partial charge in [-0.2, -0.15) is 9.78 Å². The molecule has 3 aromatic rings. The standard InChI is InChI=1S/C16H17N5OS2/c1-10(2)13-9-24-15(18-13)14-19-20-16(23)21(14)17-8-11-4-6-12(22-3)7-5-11/h4-10H,1-3H3,(H,20,23)/b17-8+. The predicted molar refractivity (Wildman–Crippen MR) is 98.6 cm³/mol. The molecule has 1 N–H and O–H groups in total. The van der Waals surface area contributed by atoms with Crippen molar-refractivity contribution in [2.75, 3.05) is 7.11 Å². The maximum atomic E-state index is 5.27. The molecule has 0 saturated heterocycles. The van der Waals surface area contributed by atoms with Gasteiger partial charge in [-0.15, -0.1) is 16.4 Å². The zero-order chi connectivity index (χ0) is 17.1. The number of aromatic nitrogens is 4. The highest BCUT2D eigenvalue weighted by atomic mass is 32.1. The first kappa shape index (κ1) is 16.5. The van der Waals surface area contributed by atoms with Crippen molar-refractivity contribution in [3.8, 4) is 16.6 Å². The number of hydrogen-bond acceptors (Lipinski definition) is 6. The molecule has 0 aliphatic rings. The minimum Gasteiger partial charge on any atom is -0.497 e. The second-order valence-corrected chi connectivity index (χ2v) is 6.66. The van der Waals surface area contributed by atoms with Crippen molar-refractivity contribution in [3.05, 3.63) is 45.7 Å². The highest BCUT2D eigenvalue weighted by Crippen LogP contribution is 2.25. The monoisotopic (exact) mass is 359 g/mol. The van der Waals surface area contributed by atoms with Gasteiger partial charge in [-0.05, 0) is 48.0 Å². The molecule has 0 bridgehead atoms. The Kier molecular flexibility index (Phi) is 4.86. The Hall–Kier alpha value is -2.32. The van der Waals surface area contributed by atoms with E-state index in [0.29, 0.717) is 16.5 Å². The Bertz CT molecular complexity index is 905. The van der Waals surface area contributed by atoms with Gasteiger partial charge in [0.15, 0.2) is 5.01 Å². The van der Waals surface area contributed by atoms with Crippen molar-refractivity contribution in [1.82, 2.24) is 19.9 Å². The van der Waals surface area contributed by atoms with Gasteiger partial charge in [0.1, 0.15) is 5.75 Å². The van der Waals surface area contributed by atoms with E-state index in [2.05, 4.69) is 34.1 Å². The third-order valence-electron chi connectivity index (χ3n) is 3.39. The van der Waals surface area contributed by atoms with E-state index in [4.69, 9.17) is 17.0 Å². The van der Waals surface area contributed by atoms with E-state index in [9.17, 15) is 0 Å². The van der Waals surface area contributed by atoms with Gasteiger partial charge in [0, 0.05) is 5.38 Å². The van der Waals surface area contributed by atoms with E-state index in [1.807, 2.05) is 29.6 Å². The molecule has 124 valence electrons. The quantitative estimate of drug-likeness (QED) is 0.550. The van der Waals surface area contributed by atoms with Crippen LogP contribution in [-0.4, -0.2) is 33.2 Å². The van der Waals surface area contributed by atoms with Crippen molar-refractivity contribution in [1.29, 1.82) is 0 Å². The summed E-state index contributed by atoms with van der Waals surface area (Å²) in [5.41, 5.74) is 1.97. The molecule has 0 unspecified atom stereocenters. The number of rotatable bonds is 5. The van der Waals surface area contributed by atoms with Crippen LogP contribution in [0.5, 0.6) is 5.75 Å². The molecule has 0 spiro atoms. The normalized spacial score (nSPS) is 11.5. The van der Waals surface area contributed by atoms with Crippen LogP contribution in [0.3, 0.4) is 0 Å². The summed E-state index contributed by atoms with van der Waals surface area (Å²) in [6.07, 6.45) is 1.73. The zero-order valence-electron chi connectivity index (χ0n) is 13.6. The van der Waals surface area contributed by atoms with Crippen molar-refractivity contribution in [2.24, 2.45) is 5.10 Å². The maximum Gasteiger partial charge on any atom is 0.216 e. The van der Waals surface area contributed by atoms with E-state index in [-0.39, 0.29) is 0 Å². The van der Waals surface area contributed by atoms with Crippen molar-refractivity contribution in [2.45, 2.75) is 19.8 Å². The molecule has 2 heterocycles. The van der Waals surface area contributed by atoms with Gasteiger partial charge in [0.2, 0.25) is 10.6 Å². The molecular formula is C16H17N5OS2. The Morgan fingerprint density at radius 3 is 2.71 bits per heavy atom. The fourth-order valence-electron chi connectivity index (χ4n) is 2.01. The lowest BCUT2D eigenvalue weighted by Gasteiger charge is -2.00. The summed E-state index contributed by atoms with van der Waals surface area (Å²) >= 11 is 6.81. The molecule has 6 nitrogen and oxygen atoms in total. The fourth-order valence-corrected chi connectivity index (χ4v) is 3.14. The van der Waals surface area contributed by atoms with Gasteiger partial charge in [-0.25, -0.2) is 10.1 Å². The number of benzene rings is 1. The molecular weight excluding hydrogens is 342 g/mol. The van der Waals surface area contributed by atoms with E-state index >= 15 is 0 Å². The summed E-state index contributed by atoms with van der Waals surface area (Å²) in [7, 11) is 1.64. The summed E-state index contributed by atoms with van der Waals surface area (Å²) < 4.78 is 7.16. The molecule has 0 aliphatic heterocycles. The molecule has 0 fully saturated rings. The number of thiazole rings is 1. The smallest absolute Gasteiger partial charge is 0.216 e. The van der Waals surface area contributed by atoms with Crippen LogP contribution in [0.15, 0.2) is 34.7 Å². The average Bonchev–Trinajstić information content (AvgIpc) is 3.20. The van der Waals surface area contributed by atoms with E-state index in [1.54, 1.807) is 18.0 Å². The first-order chi connectivity index (χ1) is 11.6. The molecule has 0 radical (unpaired) electrons. The van der Waals surface area contributed by atoms with Crippen molar-refractivity contribution < 1.29 is 4.74 Å². The summed E-state index contributed by atoms with van der Waals surface area (Å²) in [5, 5.41) is 14.3. The van der Waals surface area contributed by atoms with Gasteiger partial charge in [-0.1, -0.05) is 13.8 Å². The maximum absolute atomic E-state index is 5.27. The minimum absolute atomic E-state index is 0.369. The number of ether oxygens (including phenoxy) is 1. The number of aromatic amines is 1. The summed E-state index contributed by atoms with van der Waals surface area (Å²) in [6, 6.07) is 7.61. The summed E-state index contributed by atoms with van der Waals surface area (Å²) in [6.45, 7) is 4.22.